The van der Waals surface area contributed by atoms with Gasteiger partial charge in [-0.15, -0.1) is 0 Å². The first-order chi connectivity index (χ1) is 18.4. The molecule has 1 aliphatic carbocycles. The van der Waals surface area contributed by atoms with Crippen molar-refractivity contribution in [3.05, 3.63) is 127 Å². The summed E-state index contributed by atoms with van der Waals surface area (Å²) < 4.78 is 6.91. The molecule has 0 amide bonds. The molecule has 0 saturated carbocycles. The van der Waals surface area contributed by atoms with Crippen molar-refractivity contribution in [1.82, 2.24) is 4.98 Å². The third-order valence-corrected chi connectivity index (χ3v) is 7.88. The van der Waals surface area contributed by atoms with Crippen LogP contribution in [0.1, 0.15) is 11.1 Å². The van der Waals surface area contributed by atoms with E-state index in [0.717, 1.165) is 40.5 Å². The van der Waals surface area contributed by atoms with E-state index in [-0.39, 0.29) is 0 Å². The molecule has 2 nitrogen and oxygen atoms in total. The van der Waals surface area contributed by atoms with Crippen LogP contribution < -0.4 is 4.74 Å². The number of benzene rings is 6. The number of aryl methyl sites for hydroxylation is 2. The van der Waals surface area contributed by atoms with Gasteiger partial charge in [0.2, 0.25) is 0 Å². The van der Waals surface area contributed by atoms with Crippen LogP contribution in [0, 0.1) is 0 Å². The maximum absolute atomic E-state index is 6.91. The zero-order valence-electron chi connectivity index (χ0n) is 20.2. The lowest BCUT2D eigenvalue weighted by Crippen LogP contribution is -1.94. The monoisotopic (exact) mass is 473 g/mol. The molecule has 0 radical (unpaired) electrons. The molecule has 0 aliphatic heterocycles. The Hall–Kier alpha value is -4.69. The minimum atomic E-state index is 0.885. The minimum absolute atomic E-state index is 0.885. The van der Waals surface area contributed by atoms with E-state index >= 15 is 0 Å². The molecule has 0 unspecified atom stereocenters. The van der Waals surface area contributed by atoms with E-state index in [0.29, 0.717) is 0 Å². The first-order valence-electron chi connectivity index (χ1n) is 12.8. The Morgan fingerprint density at radius 1 is 0.541 bits per heavy atom. The Kier molecular flexibility index (Phi) is 4.38. The van der Waals surface area contributed by atoms with Gasteiger partial charge >= 0.3 is 0 Å². The molecule has 0 fully saturated rings. The highest BCUT2D eigenvalue weighted by Gasteiger charge is 2.21. The van der Waals surface area contributed by atoms with Gasteiger partial charge in [-0.1, -0.05) is 91.0 Å². The highest BCUT2D eigenvalue weighted by atomic mass is 16.5. The quantitative estimate of drug-likeness (QED) is 0.239. The van der Waals surface area contributed by atoms with Crippen LogP contribution in [0.2, 0.25) is 0 Å². The molecule has 0 atom stereocenters. The Morgan fingerprint density at radius 3 is 2.16 bits per heavy atom. The predicted octanol–water partition coefficient (Wildman–Crippen LogP) is 9.25. The van der Waals surface area contributed by atoms with E-state index in [2.05, 4.69) is 108 Å². The number of aromatic nitrogens is 1. The maximum atomic E-state index is 6.91. The van der Waals surface area contributed by atoms with Crippen LogP contribution >= 0.6 is 0 Å². The molecular weight excluding hydrogens is 450 g/mol. The summed E-state index contributed by atoms with van der Waals surface area (Å²) >= 11 is 0. The molecular formula is C35H23NO. The SMILES string of the molecule is c1ccc2c(-c3c4ccccc4c(Oc4ccc5c6c(cccc46)CC5)c4ccncc34)cccc2c1. The summed E-state index contributed by atoms with van der Waals surface area (Å²) in [6, 6.07) is 36.8. The van der Waals surface area contributed by atoms with Crippen LogP contribution in [0.4, 0.5) is 0 Å². The van der Waals surface area contributed by atoms with Crippen molar-refractivity contribution < 1.29 is 4.74 Å². The largest absolute Gasteiger partial charge is 0.455 e. The number of hydrogen-bond donors (Lipinski definition) is 0. The summed E-state index contributed by atoms with van der Waals surface area (Å²) in [5.41, 5.74) is 5.25. The molecule has 0 saturated heterocycles. The number of ether oxygens (including phenoxy) is 1. The van der Waals surface area contributed by atoms with Crippen molar-refractivity contribution in [2.45, 2.75) is 12.8 Å². The van der Waals surface area contributed by atoms with E-state index in [1.54, 1.807) is 0 Å². The van der Waals surface area contributed by atoms with Gasteiger partial charge in [-0.05, 0) is 68.8 Å². The molecule has 8 rings (SSSR count). The first-order valence-corrected chi connectivity index (χ1v) is 12.8. The van der Waals surface area contributed by atoms with Crippen LogP contribution in [-0.4, -0.2) is 4.98 Å². The van der Waals surface area contributed by atoms with E-state index < -0.39 is 0 Å². The standard InChI is InChI=1S/C35H23NO/c1-2-10-25-22(7-1)8-5-13-26(25)34-27-11-3-4-12-28(27)35(29-19-20-36-21-31(29)34)37-32-18-17-24-16-15-23-9-6-14-30(32)33(23)24/h1-14,17-21H,15-16H2. The molecule has 1 heterocycles. The van der Waals surface area contributed by atoms with Gasteiger partial charge in [0.15, 0.2) is 0 Å². The topological polar surface area (TPSA) is 22.1 Å². The molecule has 6 aromatic carbocycles. The molecule has 1 aromatic heterocycles. The van der Waals surface area contributed by atoms with Crippen molar-refractivity contribution in [3.8, 4) is 22.6 Å². The molecule has 0 N–H and O–H groups in total. The molecule has 2 heteroatoms. The Balaban J connectivity index is 1.45. The lowest BCUT2D eigenvalue weighted by atomic mass is 9.89. The van der Waals surface area contributed by atoms with Crippen molar-refractivity contribution in [2.75, 3.05) is 0 Å². The van der Waals surface area contributed by atoms with E-state index in [4.69, 9.17) is 4.74 Å². The van der Waals surface area contributed by atoms with Crippen molar-refractivity contribution >= 4 is 43.1 Å². The molecule has 1 aliphatic rings. The number of pyridine rings is 1. The summed E-state index contributed by atoms with van der Waals surface area (Å²) in [7, 11) is 0. The molecule has 37 heavy (non-hydrogen) atoms. The minimum Gasteiger partial charge on any atom is -0.455 e. The lowest BCUT2D eigenvalue weighted by molar-refractivity contribution is 0.499. The van der Waals surface area contributed by atoms with Gasteiger partial charge < -0.3 is 4.74 Å². The number of hydrogen-bond acceptors (Lipinski definition) is 2. The second kappa shape index (κ2) is 7.91. The molecule has 174 valence electrons. The summed E-state index contributed by atoms with van der Waals surface area (Å²) in [5.74, 6) is 1.79. The number of nitrogens with zero attached hydrogens (tertiary/aromatic N) is 1. The number of fused-ring (bicyclic) bond motifs is 3. The van der Waals surface area contributed by atoms with Crippen LogP contribution in [0.3, 0.4) is 0 Å². The zero-order chi connectivity index (χ0) is 24.3. The number of rotatable bonds is 3. The van der Waals surface area contributed by atoms with E-state index in [1.165, 1.54) is 49.2 Å². The van der Waals surface area contributed by atoms with Gasteiger partial charge in [-0.25, -0.2) is 0 Å². The predicted molar refractivity (Wildman–Crippen MR) is 154 cm³/mol. The van der Waals surface area contributed by atoms with Crippen LogP contribution in [0.25, 0.3) is 54.2 Å². The van der Waals surface area contributed by atoms with Gasteiger partial charge in [0.25, 0.3) is 0 Å². The fourth-order valence-electron chi connectivity index (χ4n) is 6.24. The highest BCUT2D eigenvalue weighted by molar-refractivity contribution is 6.20. The Labute approximate surface area is 214 Å². The van der Waals surface area contributed by atoms with Crippen molar-refractivity contribution in [1.29, 1.82) is 0 Å². The Morgan fingerprint density at radius 2 is 1.24 bits per heavy atom. The van der Waals surface area contributed by atoms with Crippen LogP contribution in [0.5, 0.6) is 11.5 Å². The molecule has 0 bridgehead atoms. The molecule has 0 spiro atoms. The van der Waals surface area contributed by atoms with Crippen LogP contribution in [-0.2, 0) is 12.8 Å². The zero-order valence-corrected chi connectivity index (χ0v) is 20.2. The second-order valence-corrected chi connectivity index (χ2v) is 9.86. The lowest BCUT2D eigenvalue weighted by Gasteiger charge is -2.19. The fourth-order valence-corrected chi connectivity index (χ4v) is 6.24. The van der Waals surface area contributed by atoms with Crippen molar-refractivity contribution in [2.24, 2.45) is 0 Å². The average Bonchev–Trinajstić information content (AvgIpc) is 3.39. The van der Waals surface area contributed by atoms with Crippen LogP contribution in [0.15, 0.2) is 116 Å². The summed E-state index contributed by atoms with van der Waals surface area (Å²) in [5, 5.41) is 9.46. The van der Waals surface area contributed by atoms with Crippen molar-refractivity contribution in [3.63, 3.8) is 0 Å². The summed E-state index contributed by atoms with van der Waals surface area (Å²) in [6.07, 6.45) is 6.06. The Bertz CT molecular complexity index is 1950. The highest BCUT2D eigenvalue weighted by Crippen LogP contribution is 2.47. The second-order valence-electron chi connectivity index (χ2n) is 9.86. The third-order valence-electron chi connectivity index (χ3n) is 7.88. The molecule has 7 aromatic rings. The van der Waals surface area contributed by atoms with Gasteiger partial charge in [0.05, 0.1) is 0 Å². The van der Waals surface area contributed by atoms with Gasteiger partial charge in [0, 0.05) is 33.9 Å². The van der Waals surface area contributed by atoms with Gasteiger partial charge in [-0.2, -0.15) is 0 Å². The fraction of sp³-hybridized carbons (Fsp3) is 0.0571. The summed E-state index contributed by atoms with van der Waals surface area (Å²) in [4.78, 5) is 4.56. The third kappa shape index (κ3) is 3.02. The van der Waals surface area contributed by atoms with E-state index in [1.807, 2.05) is 12.4 Å². The average molecular weight is 474 g/mol. The first kappa shape index (κ1) is 20.5. The normalized spacial score (nSPS) is 12.6. The summed E-state index contributed by atoms with van der Waals surface area (Å²) in [6.45, 7) is 0. The smallest absolute Gasteiger partial charge is 0.143 e. The van der Waals surface area contributed by atoms with Gasteiger partial charge in [-0.3, -0.25) is 4.98 Å². The van der Waals surface area contributed by atoms with Gasteiger partial charge in [0.1, 0.15) is 11.5 Å². The van der Waals surface area contributed by atoms with E-state index in [9.17, 15) is 0 Å². The maximum Gasteiger partial charge on any atom is 0.143 e.